The van der Waals surface area contributed by atoms with Crippen LogP contribution < -0.4 is 10.2 Å². The van der Waals surface area contributed by atoms with Gasteiger partial charge in [0.25, 0.3) is 0 Å². The first-order valence-electron chi connectivity index (χ1n) is 11.2. The zero-order valence-electron chi connectivity index (χ0n) is 19.7. The standard InChI is InChI=1S/C27H24BrClN4O3/c1-32(2)24(35)16-33(23(34)15-28)20-11-9-19(10-12-20)30-26(17-6-4-3-5-7-17)25-21-13-8-18(29)14-22(21)31-27(25)36/h3-14,25H,15-16H2,1-2H3,(H,31,36). The minimum atomic E-state index is -0.608. The summed E-state index contributed by atoms with van der Waals surface area (Å²) < 4.78 is 0. The minimum Gasteiger partial charge on any atom is -0.347 e. The van der Waals surface area contributed by atoms with Crippen molar-refractivity contribution in [3.05, 3.63) is 88.9 Å². The number of nitrogens with zero attached hydrogens (tertiary/aromatic N) is 3. The Morgan fingerprint density at radius 3 is 2.33 bits per heavy atom. The highest BCUT2D eigenvalue weighted by Crippen LogP contribution is 2.37. The zero-order valence-corrected chi connectivity index (χ0v) is 22.1. The molecule has 36 heavy (non-hydrogen) atoms. The maximum absolute atomic E-state index is 13.0. The Morgan fingerprint density at radius 1 is 1.00 bits per heavy atom. The summed E-state index contributed by atoms with van der Waals surface area (Å²) in [5, 5.41) is 3.54. The number of alkyl halides is 1. The first-order valence-corrected chi connectivity index (χ1v) is 12.7. The van der Waals surface area contributed by atoms with Crippen molar-refractivity contribution >= 4 is 68.0 Å². The van der Waals surface area contributed by atoms with Gasteiger partial charge in [0.15, 0.2) is 0 Å². The number of aliphatic imine (C=N–C) groups is 1. The third kappa shape index (κ3) is 5.50. The molecule has 184 valence electrons. The number of halogens is 2. The third-order valence-corrected chi connectivity index (χ3v) is 6.52. The molecular formula is C27H24BrClN4O3. The first kappa shape index (κ1) is 25.6. The highest BCUT2D eigenvalue weighted by atomic mass is 79.9. The van der Waals surface area contributed by atoms with Crippen LogP contribution in [0.3, 0.4) is 0 Å². The largest absolute Gasteiger partial charge is 0.347 e. The number of anilines is 2. The van der Waals surface area contributed by atoms with Gasteiger partial charge in [0.1, 0.15) is 12.5 Å². The molecule has 0 aliphatic carbocycles. The number of rotatable bonds is 7. The van der Waals surface area contributed by atoms with Crippen molar-refractivity contribution in [2.75, 3.05) is 36.2 Å². The normalized spacial score (nSPS) is 14.7. The van der Waals surface area contributed by atoms with Crippen LogP contribution in [0.4, 0.5) is 17.1 Å². The van der Waals surface area contributed by atoms with E-state index in [-0.39, 0.29) is 29.6 Å². The quantitative estimate of drug-likeness (QED) is 0.322. The molecule has 3 aromatic carbocycles. The van der Waals surface area contributed by atoms with E-state index in [0.29, 0.717) is 27.8 Å². The van der Waals surface area contributed by atoms with Crippen LogP contribution in [0.1, 0.15) is 17.0 Å². The van der Waals surface area contributed by atoms with Gasteiger partial charge < -0.3 is 15.1 Å². The van der Waals surface area contributed by atoms with E-state index in [1.807, 2.05) is 36.4 Å². The zero-order chi connectivity index (χ0) is 25.8. The fraction of sp³-hybridized carbons (Fsp3) is 0.185. The molecule has 0 bridgehead atoms. The second-order valence-corrected chi connectivity index (χ2v) is 9.43. The summed E-state index contributed by atoms with van der Waals surface area (Å²) in [5.41, 5.74) is 4.08. The Kier molecular flexibility index (Phi) is 7.86. The predicted molar refractivity (Wildman–Crippen MR) is 147 cm³/mol. The van der Waals surface area contributed by atoms with Gasteiger partial charge in [0.05, 0.1) is 16.7 Å². The SMILES string of the molecule is CN(C)C(=O)CN(C(=O)CBr)c1ccc(N=C(c2ccccc2)C2C(=O)Nc3cc(Cl)ccc32)cc1. The number of benzene rings is 3. The first-order chi connectivity index (χ1) is 17.3. The molecule has 3 aromatic rings. The minimum absolute atomic E-state index is 0.0725. The molecule has 1 N–H and O–H groups in total. The fourth-order valence-corrected chi connectivity index (χ4v) is 4.40. The number of amides is 3. The van der Waals surface area contributed by atoms with Crippen molar-refractivity contribution in [1.82, 2.24) is 4.90 Å². The van der Waals surface area contributed by atoms with Crippen molar-refractivity contribution in [1.29, 1.82) is 0 Å². The van der Waals surface area contributed by atoms with E-state index in [1.54, 1.807) is 50.5 Å². The average molecular weight is 568 g/mol. The summed E-state index contributed by atoms with van der Waals surface area (Å²) in [5.74, 6) is -1.21. The van der Waals surface area contributed by atoms with E-state index in [2.05, 4.69) is 21.2 Å². The van der Waals surface area contributed by atoms with E-state index in [9.17, 15) is 14.4 Å². The van der Waals surface area contributed by atoms with Crippen LogP contribution in [0.5, 0.6) is 0 Å². The van der Waals surface area contributed by atoms with Gasteiger partial charge in [-0.3, -0.25) is 19.4 Å². The molecule has 1 unspecified atom stereocenters. The summed E-state index contributed by atoms with van der Waals surface area (Å²) in [4.78, 5) is 45.5. The van der Waals surface area contributed by atoms with E-state index in [4.69, 9.17) is 16.6 Å². The lowest BCUT2D eigenvalue weighted by Crippen LogP contribution is -2.41. The van der Waals surface area contributed by atoms with Crippen LogP contribution in [-0.4, -0.2) is 54.3 Å². The van der Waals surface area contributed by atoms with E-state index in [1.165, 1.54) is 9.80 Å². The van der Waals surface area contributed by atoms with E-state index < -0.39 is 5.92 Å². The molecule has 0 radical (unpaired) electrons. The second-order valence-electron chi connectivity index (χ2n) is 8.43. The topological polar surface area (TPSA) is 82.1 Å². The fourth-order valence-electron chi connectivity index (χ4n) is 3.93. The predicted octanol–water partition coefficient (Wildman–Crippen LogP) is 5.01. The monoisotopic (exact) mass is 566 g/mol. The van der Waals surface area contributed by atoms with Crippen molar-refractivity contribution in [2.45, 2.75) is 5.92 Å². The molecule has 1 heterocycles. The van der Waals surface area contributed by atoms with Gasteiger partial charge in [-0.25, -0.2) is 0 Å². The van der Waals surface area contributed by atoms with Gasteiger partial charge in [-0.2, -0.15) is 0 Å². The van der Waals surface area contributed by atoms with Crippen LogP contribution in [0.15, 0.2) is 77.8 Å². The number of nitrogens with one attached hydrogen (secondary N) is 1. The third-order valence-electron chi connectivity index (χ3n) is 5.81. The van der Waals surface area contributed by atoms with Crippen LogP contribution in [0.25, 0.3) is 0 Å². The maximum atomic E-state index is 13.0. The Balaban J connectivity index is 1.72. The summed E-state index contributed by atoms with van der Waals surface area (Å²) in [7, 11) is 3.29. The average Bonchev–Trinajstić information content (AvgIpc) is 3.20. The smallest absolute Gasteiger partial charge is 0.242 e. The van der Waals surface area contributed by atoms with Crippen LogP contribution in [-0.2, 0) is 14.4 Å². The van der Waals surface area contributed by atoms with Gasteiger partial charge in [0, 0.05) is 30.5 Å². The Labute approximate surface area is 222 Å². The van der Waals surface area contributed by atoms with Gasteiger partial charge in [-0.15, -0.1) is 0 Å². The number of hydrogen-bond acceptors (Lipinski definition) is 4. The highest BCUT2D eigenvalue weighted by molar-refractivity contribution is 9.09. The molecule has 0 saturated heterocycles. The molecule has 1 aliphatic rings. The molecule has 0 spiro atoms. The molecule has 3 amide bonds. The van der Waals surface area contributed by atoms with Crippen LogP contribution in [0, 0.1) is 0 Å². The van der Waals surface area contributed by atoms with E-state index in [0.717, 1.165) is 11.1 Å². The van der Waals surface area contributed by atoms with Crippen LogP contribution in [0.2, 0.25) is 5.02 Å². The van der Waals surface area contributed by atoms with Crippen LogP contribution >= 0.6 is 27.5 Å². The lowest BCUT2D eigenvalue weighted by atomic mass is 9.90. The van der Waals surface area contributed by atoms with Crippen molar-refractivity contribution < 1.29 is 14.4 Å². The number of fused-ring (bicyclic) bond motifs is 1. The molecule has 1 aliphatic heterocycles. The number of carbonyl (C=O) groups is 3. The Hall–Kier alpha value is -3.49. The highest BCUT2D eigenvalue weighted by Gasteiger charge is 2.35. The summed E-state index contributed by atoms with van der Waals surface area (Å²) in [6, 6.07) is 21.9. The summed E-state index contributed by atoms with van der Waals surface area (Å²) in [6.07, 6.45) is 0. The maximum Gasteiger partial charge on any atom is 0.242 e. The molecule has 4 rings (SSSR count). The van der Waals surface area contributed by atoms with Crippen molar-refractivity contribution in [2.24, 2.45) is 4.99 Å². The molecular weight excluding hydrogens is 544 g/mol. The lowest BCUT2D eigenvalue weighted by Gasteiger charge is -2.23. The molecule has 0 saturated carbocycles. The molecule has 7 nitrogen and oxygen atoms in total. The summed E-state index contributed by atoms with van der Waals surface area (Å²) >= 11 is 9.32. The molecule has 0 fully saturated rings. The van der Waals surface area contributed by atoms with Gasteiger partial charge >= 0.3 is 0 Å². The van der Waals surface area contributed by atoms with Gasteiger partial charge in [-0.05, 0) is 47.5 Å². The molecule has 9 heteroatoms. The Morgan fingerprint density at radius 2 is 1.69 bits per heavy atom. The number of likely N-dealkylation sites (N-methyl/N-ethyl adjacent to an activating group) is 1. The molecule has 0 aromatic heterocycles. The van der Waals surface area contributed by atoms with Crippen molar-refractivity contribution in [3.63, 3.8) is 0 Å². The van der Waals surface area contributed by atoms with E-state index >= 15 is 0 Å². The van der Waals surface area contributed by atoms with Gasteiger partial charge in [-0.1, -0.05) is 63.9 Å². The second kappa shape index (κ2) is 11.1. The number of carbonyl (C=O) groups excluding carboxylic acids is 3. The number of hydrogen-bond donors (Lipinski definition) is 1. The van der Waals surface area contributed by atoms with Gasteiger partial charge in [0.2, 0.25) is 17.7 Å². The van der Waals surface area contributed by atoms with Crippen molar-refractivity contribution in [3.8, 4) is 0 Å². The Bertz CT molecular complexity index is 1330. The summed E-state index contributed by atoms with van der Waals surface area (Å²) in [6.45, 7) is -0.0725. The molecule has 1 atom stereocenters. The lowest BCUT2D eigenvalue weighted by molar-refractivity contribution is -0.128.